The summed E-state index contributed by atoms with van der Waals surface area (Å²) in [5, 5.41) is 3.30. The van der Waals surface area contributed by atoms with Gasteiger partial charge in [0.05, 0.1) is 13.2 Å². The second kappa shape index (κ2) is 7.29. The van der Waals surface area contributed by atoms with Crippen molar-refractivity contribution in [2.45, 2.75) is 40.2 Å². The van der Waals surface area contributed by atoms with Crippen LogP contribution in [-0.4, -0.2) is 19.1 Å². The summed E-state index contributed by atoms with van der Waals surface area (Å²) in [6, 6.07) is 10.4. The number of nitrogens with one attached hydrogen (secondary N) is 1. The first-order valence-electron chi connectivity index (χ1n) is 6.86. The molecule has 0 saturated carbocycles. The smallest absolute Gasteiger partial charge is 0.319 e. The SMILES string of the molecule is CCOC(=O)CNC(CC(C)(C)C)c1ccccc1. The Bertz CT molecular complexity index is 381. The van der Waals surface area contributed by atoms with E-state index in [0.29, 0.717) is 6.61 Å². The minimum atomic E-state index is -0.197. The van der Waals surface area contributed by atoms with Gasteiger partial charge in [0.15, 0.2) is 0 Å². The number of rotatable bonds is 6. The maximum atomic E-state index is 11.5. The average molecular weight is 263 g/mol. The van der Waals surface area contributed by atoms with E-state index in [1.165, 1.54) is 5.56 Å². The minimum absolute atomic E-state index is 0.172. The summed E-state index contributed by atoms with van der Waals surface area (Å²) in [4.78, 5) is 11.5. The van der Waals surface area contributed by atoms with Crippen molar-refractivity contribution >= 4 is 5.97 Å². The summed E-state index contributed by atoms with van der Waals surface area (Å²) in [6.07, 6.45) is 0.969. The average Bonchev–Trinajstić information content (AvgIpc) is 2.34. The molecule has 0 aliphatic carbocycles. The van der Waals surface area contributed by atoms with Gasteiger partial charge in [-0.15, -0.1) is 0 Å². The molecule has 106 valence electrons. The third kappa shape index (κ3) is 6.39. The molecule has 0 amide bonds. The third-order valence-electron chi connectivity index (χ3n) is 2.82. The van der Waals surface area contributed by atoms with E-state index in [2.05, 4.69) is 38.2 Å². The number of esters is 1. The monoisotopic (exact) mass is 263 g/mol. The van der Waals surface area contributed by atoms with E-state index in [1.807, 2.05) is 25.1 Å². The normalized spacial score (nSPS) is 13.1. The molecular weight excluding hydrogens is 238 g/mol. The molecule has 1 unspecified atom stereocenters. The predicted molar refractivity (Wildman–Crippen MR) is 77.9 cm³/mol. The zero-order valence-corrected chi connectivity index (χ0v) is 12.4. The quantitative estimate of drug-likeness (QED) is 0.800. The molecule has 1 rings (SSSR count). The first kappa shape index (κ1) is 15.7. The van der Waals surface area contributed by atoms with Crippen molar-refractivity contribution in [3.8, 4) is 0 Å². The van der Waals surface area contributed by atoms with Crippen LogP contribution < -0.4 is 5.32 Å². The largest absolute Gasteiger partial charge is 0.465 e. The Morgan fingerprint density at radius 1 is 1.26 bits per heavy atom. The molecule has 0 aliphatic heterocycles. The number of carbonyl (C=O) groups excluding carboxylic acids is 1. The Hall–Kier alpha value is -1.35. The van der Waals surface area contributed by atoms with Gasteiger partial charge in [0.1, 0.15) is 0 Å². The molecule has 0 radical (unpaired) electrons. The molecule has 1 atom stereocenters. The van der Waals surface area contributed by atoms with Gasteiger partial charge in [-0.3, -0.25) is 4.79 Å². The molecular formula is C16H25NO2. The fourth-order valence-corrected chi connectivity index (χ4v) is 2.02. The van der Waals surface area contributed by atoms with Crippen LogP contribution in [-0.2, 0) is 9.53 Å². The van der Waals surface area contributed by atoms with Crippen molar-refractivity contribution < 1.29 is 9.53 Å². The van der Waals surface area contributed by atoms with Crippen LogP contribution in [0.3, 0.4) is 0 Å². The predicted octanol–water partition coefficient (Wildman–Crippen LogP) is 3.32. The summed E-state index contributed by atoms with van der Waals surface area (Å²) >= 11 is 0. The van der Waals surface area contributed by atoms with Gasteiger partial charge in [-0.1, -0.05) is 51.1 Å². The van der Waals surface area contributed by atoms with Gasteiger partial charge in [0.2, 0.25) is 0 Å². The summed E-state index contributed by atoms with van der Waals surface area (Å²) in [5.74, 6) is -0.197. The highest BCUT2D eigenvalue weighted by molar-refractivity contribution is 5.71. The Morgan fingerprint density at radius 2 is 1.89 bits per heavy atom. The van der Waals surface area contributed by atoms with Crippen molar-refractivity contribution in [2.75, 3.05) is 13.2 Å². The van der Waals surface area contributed by atoms with Crippen molar-refractivity contribution in [1.29, 1.82) is 0 Å². The Labute approximate surface area is 116 Å². The van der Waals surface area contributed by atoms with E-state index in [9.17, 15) is 4.79 Å². The highest BCUT2D eigenvalue weighted by Gasteiger charge is 2.20. The van der Waals surface area contributed by atoms with Gasteiger partial charge in [-0.05, 0) is 24.3 Å². The van der Waals surface area contributed by atoms with Gasteiger partial charge >= 0.3 is 5.97 Å². The van der Waals surface area contributed by atoms with E-state index in [1.54, 1.807) is 0 Å². The molecule has 3 heteroatoms. The molecule has 1 aromatic rings. The number of ether oxygens (including phenoxy) is 1. The van der Waals surface area contributed by atoms with Crippen LogP contribution in [0.5, 0.6) is 0 Å². The number of hydrogen-bond acceptors (Lipinski definition) is 3. The standard InChI is InChI=1S/C16H25NO2/c1-5-19-15(18)12-17-14(11-16(2,3)4)13-9-7-6-8-10-13/h6-10,14,17H,5,11-12H2,1-4H3. The highest BCUT2D eigenvalue weighted by atomic mass is 16.5. The van der Waals surface area contributed by atoms with Crippen LogP contribution in [0.2, 0.25) is 0 Å². The van der Waals surface area contributed by atoms with E-state index >= 15 is 0 Å². The van der Waals surface area contributed by atoms with Crippen LogP contribution in [0.25, 0.3) is 0 Å². The lowest BCUT2D eigenvalue weighted by atomic mass is 9.85. The molecule has 0 bridgehead atoms. The Morgan fingerprint density at radius 3 is 2.42 bits per heavy atom. The molecule has 1 N–H and O–H groups in total. The molecule has 1 aromatic carbocycles. The summed E-state index contributed by atoms with van der Waals surface area (Å²) < 4.78 is 4.96. The summed E-state index contributed by atoms with van der Waals surface area (Å²) in [7, 11) is 0. The van der Waals surface area contributed by atoms with Gasteiger partial charge < -0.3 is 10.1 Å². The van der Waals surface area contributed by atoms with Crippen molar-refractivity contribution in [1.82, 2.24) is 5.32 Å². The van der Waals surface area contributed by atoms with E-state index in [0.717, 1.165) is 6.42 Å². The zero-order chi connectivity index (χ0) is 14.3. The van der Waals surface area contributed by atoms with E-state index < -0.39 is 0 Å². The maximum Gasteiger partial charge on any atom is 0.319 e. The van der Waals surface area contributed by atoms with Crippen LogP contribution >= 0.6 is 0 Å². The minimum Gasteiger partial charge on any atom is -0.465 e. The second-order valence-corrected chi connectivity index (χ2v) is 5.91. The van der Waals surface area contributed by atoms with E-state index in [4.69, 9.17) is 4.74 Å². The van der Waals surface area contributed by atoms with Crippen molar-refractivity contribution in [3.05, 3.63) is 35.9 Å². The van der Waals surface area contributed by atoms with Crippen LogP contribution in [0.4, 0.5) is 0 Å². The lowest BCUT2D eigenvalue weighted by molar-refractivity contribution is -0.142. The molecule has 0 aliphatic rings. The fraction of sp³-hybridized carbons (Fsp3) is 0.562. The lowest BCUT2D eigenvalue weighted by Crippen LogP contribution is -2.31. The summed E-state index contributed by atoms with van der Waals surface area (Å²) in [5.41, 5.74) is 1.41. The first-order valence-corrected chi connectivity index (χ1v) is 6.86. The molecule has 19 heavy (non-hydrogen) atoms. The third-order valence-corrected chi connectivity index (χ3v) is 2.82. The second-order valence-electron chi connectivity index (χ2n) is 5.91. The van der Waals surface area contributed by atoms with Crippen molar-refractivity contribution in [2.24, 2.45) is 5.41 Å². The molecule has 0 aromatic heterocycles. The molecule has 0 spiro atoms. The lowest BCUT2D eigenvalue weighted by Gasteiger charge is -2.27. The highest BCUT2D eigenvalue weighted by Crippen LogP contribution is 2.29. The maximum absolute atomic E-state index is 11.5. The molecule has 0 heterocycles. The number of benzene rings is 1. The van der Waals surface area contributed by atoms with Gasteiger partial charge in [-0.25, -0.2) is 0 Å². The van der Waals surface area contributed by atoms with Crippen LogP contribution in [0, 0.1) is 5.41 Å². The zero-order valence-electron chi connectivity index (χ0n) is 12.4. The van der Waals surface area contributed by atoms with Gasteiger partial charge in [0, 0.05) is 6.04 Å². The van der Waals surface area contributed by atoms with Crippen molar-refractivity contribution in [3.63, 3.8) is 0 Å². The first-order chi connectivity index (χ1) is 8.92. The van der Waals surface area contributed by atoms with Crippen LogP contribution in [0.15, 0.2) is 30.3 Å². The number of hydrogen-bond donors (Lipinski definition) is 1. The van der Waals surface area contributed by atoms with E-state index in [-0.39, 0.29) is 24.0 Å². The number of carbonyl (C=O) groups is 1. The van der Waals surface area contributed by atoms with Crippen LogP contribution in [0.1, 0.15) is 45.7 Å². The Kier molecular flexibility index (Phi) is 6.03. The molecule has 3 nitrogen and oxygen atoms in total. The van der Waals surface area contributed by atoms with Gasteiger partial charge in [-0.2, -0.15) is 0 Å². The van der Waals surface area contributed by atoms with Gasteiger partial charge in [0.25, 0.3) is 0 Å². The topological polar surface area (TPSA) is 38.3 Å². The Balaban J connectivity index is 2.68. The molecule has 0 fully saturated rings. The summed E-state index contributed by atoms with van der Waals surface area (Å²) in [6.45, 7) is 9.11. The molecule has 0 saturated heterocycles. The fourth-order valence-electron chi connectivity index (χ4n) is 2.02.